The van der Waals surface area contributed by atoms with E-state index in [-0.39, 0.29) is 11.7 Å². The average Bonchev–Trinajstić information content (AvgIpc) is 3.18. The van der Waals surface area contributed by atoms with Crippen molar-refractivity contribution in [1.82, 2.24) is 9.55 Å². The summed E-state index contributed by atoms with van der Waals surface area (Å²) in [5.74, 6) is 0.811. The molecule has 1 fully saturated rings. The molecule has 2 heterocycles. The monoisotopic (exact) mass is 386 g/mol. The van der Waals surface area contributed by atoms with Crippen molar-refractivity contribution in [3.63, 3.8) is 0 Å². The number of aromatic nitrogens is 2. The lowest BCUT2D eigenvalue weighted by atomic mass is 10.2. The summed E-state index contributed by atoms with van der Waals surface area (Å²) in [5.41, 5.74) is 1.74. The van der Waals surface area contributed by atoms with Gasteiger partial charge in [-0.05, 0) is 42.7 Å². The zero-order valence-corrected chi connectivity index (χ0v) is 15.8. The number of fused-ring (bicyclic) bond motifs is 1. The van der Waals surface area contributed by atoms with Crippen LogP contribution in [0.2, 0.25) is 5.02 Å². The minimum atomic E-state index is -0.0135. The van der Waals surface area contributed by atoms with Crippen LogP contribution in [0.15, 0.2) is 58.5 Å². The van der Waals surface area contributed by atoms with Gasteiger partial charge in [0.1, 0.15) is 0 Å². The number of para-hydroxylation sites is 1. The van der Waals surface area contributed by atoms with Crippen LogP contribution >= 0.6 is 23.4 Å². The number of rotatable bonds is 5. The molecule has 3 aromatic rings. The van der Waals surface area contributed by atoms with E-state index in [1.54, 1.807) is 16.3 Å². The third-order valence-corrected chi connectivity index (χ3v) is 5.86. The van der Waals surface area contributed by atoms with Crippen molar-refractivity contribution in [2.75, 3.05) is 12.4 Å². The molecule has 2 aromatic carbocycles. The quantitative estimate of drug-likeness (QED) is 0.482. The van der Waals surface area contributed by atoms with Crippen LogP contribution in [0.1, 0.15) is 18.4 Å². The third-order valence-electron chi connectivity index (χ3n) is 4.50. The lowest BCUT2D eigenvalue weighted by Crippen LogP contribution is -2.24. The Morgan fingerprint density at radius 1 is 1.19 bits per heavy atom. The third kappa shape index (κ3) is 3.80. The summed E-state index contributed by atoms with van der Waals surface area (Å²) in [6.45, 7) is 1.30. The second-order valence-corrected chi connectivity index (χ2v) is 7.80. The van der Waals surface area contributed by atoms with E-state index in [1.807, 2.05) is 48.5 Å². The van der Waals surface area contributed by atoms with Gasteiger partial charge >= 0.3 is 0 Å². The van der Waals surface area contributed by atoms with E-state index in [4.69, 9.17) is 21.3 Å². The highest BCUT2D eigenvalue weighted by Crippen LogP contribution is 2.24. The molecule has 0 saturated carbocycles. The normalized spacial score (nSPS) is 17.0. The fourth-order valence-electron chi connectivity index (χ4n) is 3.11. The molecule has 1 atom stereocenters. The van der Waals surface area contributed by atoms with Crippen molar-refractivity contribution in [1.29, 1.82) is 0 Å². The fraction of sp³-hybridized carbons (Fsp3) is 0.300. The summed E-state index contributed by atoms with van der Waals surface area (Å²) in [5, 5.41) is 2.06. The molecule has 0 spiro atoms. The van der Waals surface area contributed by atoms with Crippen molar-refractivity contribution in [2.24, 2.45) is 0 Å². The van der Waals surface area contributed by atoms with Gasteiger partial charge in [0.25, 0.3) is 5.56 Å². The molecule has 1 unspecified atom stereocenters. The summed E-state index contributed by atoms with van der Waals surface area (Å²) in [6.07, 6.45) is 2.42. The highest BCUT2D eigenvalue weighted by atomic mass is 35.5. The van der Waals surface area contributed by atoms with Crippen LogP contribution in [0.4, 0.5) is 0 Å². The molecule has 6 heteroatoms. The van der Waals surface area contributed by atoms with Crippen molar-refractivity contribution in [2.45, 2.75) is 30.6 Å². The predicted molar refractivity (Wildman–Crippen MR) is 106 cm³/mol. The summed E-state index contributed by atoms with van der Waals surface area (Å²) in [4.78, 5) is 17.8. The SMILES string of the molecule is O=c1c2ccccc2nc(SCC2CCCO2)n1Cc1ccc(Cl)cc1. The average molecular weight is 387 g/mol. The first-order valence-corrected chi connectivity index (χ1v) is 10.1. The maximum atomic E-state index is 13.1. The van der Waals surface area contributed by atoms with E-state index in [0.717, 1.165) is 41.4 Å². The van der Waals surface area contributed by atoms with Crippen LogP contribution in [-0.4, -0.2) is 28.0 Å². The number of halogens is 1. The number of benzene rings is 2. The predicted octanol–water partition coefficient (Wildman–Crippen LogP) is 4.37. The molecule has 4 nitrogen and oxygen atoms in total. The summed E-state index contributed by atoms with van der Waals surface area (Å²) >= 11 is 7.58. The zero-order valence-electron chi connectivity index (χ0n) is 14.2. The maximum Gasteiger partial charge on any atom is 0.262 e. The molecule has 0 aliphatic carbocycles. The molecular formula is C20H19ClN2O2S. The minimum absolute atomic E-state index is 0.0135. The molecule has 0 radical (unpaired) electrons. The fourth-order valence-corrected chi connectivity index (χ4v) is 4.30. The molecule has 26 heavy (non-hydrogen) atoms. The van der Waals surface area contributed by atoms with E-state index in [9.17, 15) is 4.79 Å². The van der Waals surface area contributed by atoms with E-state index >= 15 is 0 Å². The summed E-state index contributed by atoms with van der Waals surface area (Å²) in [7, 11) is 0. The first kappa shape index (κ1) is 17.6. The smallest absolute Gasteiger partial charge is 0.262 e. The van der Waals surface area contributed by atoms with E-state index in [0.29, 0.717) is 17.0 Å². The highest BCUT2D eigenvalue weighted by Gasteiger charge is 2.18. The van der Waals surface area contributed by atoms with E-state index in [2.05, 4.69) is 0 Å². The van der Waals surface area contributed by atoms with Crippen LogP contribution in [0.5, 0.6) is 0 Å². The molecule has 0 bridgehead atoms. The first-order chi connectivity index (χ1) is 12.7. The van der Waals surface area contributed by atoms with Crippen molar-refractivity contribution in [3.05, 3.63) is 69.5 Å². The number of thioether (sulfide) groups is 1. The van der Waals surface area contributed by atoms with Gasteiger partial charge in [-0.1, -0.05) is 47.6 Å². The van der Waals surface area contributed by atoms with Crippen LogP contribution < -0.4 is 5.56 Å². The Labute approximate surface area is 161 Å². The lowest BCUT2D eigenvalue weighted by Gasteiger charge is -2.15. The van der Waals surface area contributed by atoms with Gasteiger partial charge in [-0.25, -0.2) is 4.98 Å². The maximum absolute atomic E-state index is 13.1. The minimum Gasteiger partial charge on any atom is -0.377 e. The van der Waals surface area contributed by atoms with E-state index in [1.165, 1.54) is 0 Å². The van der Waals surface area contributed by atoms with Gasteiger partial charge in [0.2, 0.25) is 0 Å². The lowest BCUT2D eigenvalue weighted by molar-refractivity contribution is 0.129. The van der Waals surface area contributed by atoms with Crippen LogP contribution in [-0.2, 0) is 11.3 Å². The molecule has 4 rings (SSSR count). The second kappa shape index (κ2) is 7.82. The molecular weight excluding hydrogens is 368 g/mol. The van der Waals surface area contributed by atoms with Gasteiger partial charge in [-0.15, -0.1) is 0 Å². The van der Waals surface area contributed by atoms with Crippen molar-refractivity contribution in [3.8, 4) is 0 Å². The number of hydrogen-bond acceptors (Lipinski definition) is 4. The topological polar surface area (TPSA) is 44.1 Å². The van der Waals surface area contributed by atoms with Gasteiger partial charge in [0.15, 0.2) is 5.16 Å². The Bertz CT molecular complexity index is 966. The molecule has 1 aromatic heterocycles. The van der Waals surface area contributed by atoms with Gasteiger partial charge in [-0.3, -0.25) is 9.36 Å². The second-order valence-electron chi connectivity index (χ2n) is 6.38. The summed E-state index contributed by atoms with van der Waals surface area (Å²) < 4.78 is 7.47. The largest absolute Gasteiger partial charge is 0.377 e. The van der Waals surface area contributed by atoms with Gasteiger partial charge in [0, 0.05) is 17.4 Å². The number of nitrogens with zero attached hydrogens (tertiary/aromatic N) is 2. The molecule has 1 aliphatic heterocycles. The molecule has 1 saturated heterocycles. The molecule has 134 valence electrons. The standard InChI is InChI=1S/C20H19ClN2O2S/c21-15-9-7-14(8-10-15)12-23-19(24)17-5-1-2-6-18(17)22-20(23)26-13-16-4-3-11-25-16/h1-2,5-10,16H,3-4,11-13H2. The Hall–Kier alpha value is -1.82. The number of ether oxygens (including phenoxy) is 1. The van der Waals surface area contributed by atoms with Crippen molar-refractivity contribution < 1.29 is 4.74 Å². The molecule has 1 aliphatic rings. The van der Waals surface area contributed by atoms with Crippen LogP contribution in [0.3, 0.4) is 0 Å². The molecule has 0 amide bonds. The van der Waals surface area contributed by atoms with Gasteiger partial charge in [-0.2, -0.15) is 0 Å². The van der Waals surface area contributed by atoms with Gasteiger partial charge < -0.3 is 4.74 Å². The number of hydrogen-bond donors (Lipinski definition) is 0. The van der Waals surface area contributed by atoms with Crippen molar-refractivity contribution >= 4 is 34.3 Å². The Kier molecular flexibility index (Phi) is 5.29. The van der Waals surface area contributed by atoms with Crippen LogP contribution in [0.25, 0.3) is 10.9 Å². The Morgan fingerprint density at radius 3 is 2.77 bits per heavy atom. The Balaban J connectivity index is 1.71. The summed E-state index contributed by atoms with van der Waals surface area (Å²) in [6, 6.07) is 15.1. The highest BCUT2D eigenvalue weighted by molar-refractivity contribution is 7.99. The first-order valence-electron chi connectivity index (χ1n) is 8.69. The zero-order chi connectivity index (χ0) is 17.9. The molecule has 0 N–H and O–H groups in total. The Morgan fingerprint density at radius 2 is 2.00 bits per heavy atom. The van der Waals surface area contributed by atoms with Crippen LogP contribution in [0, 0.1) is 0 Å². The van der Waals surface area contributed by atoms with E-state index < -0.39 is 0 Å². The van der Waals surface area contributed by atoms with Gasteiger partial charge in [0.05, 0.1) is 23.6 Å².